The highest BCUT2D eigenvalue weighted by Gasteiger charge is 2.19. The summed E-state index contributed by atoms with van der Waals surface area (Å²) in [7, 11) is 0. The van der Waals surface area contributed by atoms with Crippen LogP contribution in [0.5, 0.6) is 0 Å². The fraction of sp³-hybridized carbons (Fsp3) is 0.712. The van der Waals surface area contributed by atoms with Crippen molar-refractivity contribution < 1.29 is 28.6 Å². The van der Waals surface area contributed by atoms with E-state index in [1.807, 2.05) is 0 Å². The molecule has 0 aromatic rings. The monoisotopic (exact) mass is 809 g/mol. The first-order chi connectivity index (χ1) is 28.5. The van der Waals surface area contributed by atoms with Crippen LogP contribution in [-0.4, -0.2) is 37.2 Å². The highest BCUT2D eigenvalue weighted by atomic mass is 16.6. The SMILES string of the molecule is CCCCC\C=C/C=C\C=C/C=C\CCCCCCCC(=O)OCC(COC(=O)CCC/C=C\CCCCCC)OC(=O)CCCCC/C=C\CCCCCCCC. The molecule has 0 amide bonds. The molecule has 6 nitrogen and oxygen atoms in total. The smallest absolute Gasteiger partial charge is 0.306 e. The van der Waals surface area contributed by atoms with Gasteiger partial charge in [-0.1, -0.05) is 184 Å². The molecular weight excluding hydrogens is 721 g/mol. The van der Waals surface area contributed by atoms with Crippen LogP contribution in [0.1, 0.15) is 220 Å². The Morgan fingerprint density at radius 3 is 1.16 bits per heavy atom. The Bertz CT molecular complexity index is 1110. The molecule has 0 bridgehead atoms. The van der Waals surface area contributed by atoms with Gasteiger partial charge in [-0.3, -0.25) is 14.4 Å². The number of ether oxygens (including phenoxy) is 3. The Morgan fingerprint density at radius 1 is 0.345 bits per heavy atom. The number of esters is 3. The molecule has 0 aliphatic heterocycles. The van der Waals surface area contributed by atoms with Gasteiger partial charge in [-0.25, -0.2) is 0 Å². The van der Waals surface area contributed by atoms with Crippen molar-refractivity contribution in [1.29, 1.82) is 0 Å². The number of rotatable bonds is 42. The minimum absolute atomic E-state index is 0.103. The number of carbonyl (C=O) groups is 3. The lowest BCUT2D eigenvalue weighted by Gasteiger charge is -2.18. The number of carbonyl (C=O) groups excluding carboxylic acids is 3. The Hall–Kier alpha value is -3.15. The average molecular weight is 809 g/mol. The molecule has 332 valence electrons. The molecule has 58 heavy (non-hydrogen) atoms. The van der Waals surface area contributed by atoms with E-state index in [-0.39, 0.29) is 31.1 Å². The highest BCUT2D eigenvalue weighted by Crippen LogP contribution is 2.12. The first-order valence-corrected chi connectivity index (χ1v) is 24.0. The molecule has 6 heteroatoms. The zero-order chi connectivity index (χ0) is 42.3. The Balaban J connectivity index is 4.44. The molecule has 0 radical (unpaired) electrons. The highest BCUT2D eigenvalue weighted by molar-refractivity contribution is 5.71. The molecule has 0 rings (SSSR count). The van der Waals surface area contributed by atoms with E-state index in [4.69, 9.17) is 14.2 Å². The van der Waals surface area contributed by atoms with E-state index < -0.39 is 6.10 Å². The van der Waals surface area contributed by atoms with Crippen molar-refractivity contribution in [2.24, 2.45) is 0 Å². The maximum atomic E-state index is 12.7. The van der Waals surface area contributed by atoms with Crippen molar-refractivity contribution in [2.45, 2.75) is 226 Å². The van der Waals surface area contributed by atoms with Gasteiger partial charge in [-0.2, -0.15) is 0 Å². The third-order valence-corrected chi connectivity index (χ3v) is 10.00. The molecule has 0 heterocycles. The van der Waals surface area contributed by atoms with Crippen LogP contribution in [0.25, 0.3) is 0 Å². The molecule has 0 aliphatic rings. The summed E-state index contributed by atoms with van der Waals surface area (Å²) in [5, 5.41) is 0. The molecule has 0 saturated heterocycles. The third-order valence-electron chi connectivity index (χ3n) is 10.00. The lowest BCUT2D eigenvalue weighted by molar-refractivity contribution is -0.167. The molecule has 1 unspecified atom stereocenters. The van der Waals surface area contributed by atoms with E-state index in [1.165, 1.54) is 83.5 Å². The van der Waals surface area contributed by atoms with Crippen LogP contribution in [0, 0.1) is 0 Å². The lowest BCUT2D eigenvalue weighted by atomic mass is 10.1. The van der Waals surface area contributed by atoms with Gasteiger partial charge in [0.15, 0.2) is 6.10 Å². The summed E-state index contributed by atoms with van der Waals surface area (Å²) in [4.78, 5) is 37.7. The number of allylic oxidation sites excluding steroid dienone is 12. The molecule has 0 N–H and O–H groups in total. The summed E-state index contributed by atoms with van der Waals surface area (Å²) in [6.07, 6.45) is 57.5. The van der Waals surface area contributed by atoms with Crippen LogP contribution in [0.15, 0.2) is 72.9 Å². The van der Waals surface area contributed by atoms with Crippen molar-refractivity contribution >= 4 is 17.9 Å². The summed E-state index contributed by atoms with van der Waals surface area (Å²) in [6, 6.07) is 0. The Kier molecular flexibility index (Phi) is 44.0. The Labute approximate surface area is 357 Å². The van der Waals surface area contributed by atoms with Crippen LogP contribution >= 0.6 is 0 Å². The second-order valence-electron chi connectivity index (χ2n) is 15.7. The van der Waals surface area contributed by atoms with Crippen molar-refractivity contribution in [2.75, 3.05) is 13.2 Å². The van der Waals surface area contributed by atoms with Gasteiger partial charge in [-0.05, 0) is 89.9 Å². The van der Waals surface area contributed by atoms with Gasteiger partial charge < -0.3 is 14.2 Å². The van der Waals surface area contributed by atoms with E-state index in [9.17, 15) is 14.4 Å². The van der Waals surface area contributed by atoms with E-state index in [0.29, 0.717) is 25.7 Å². The van der Waals surface area contributed by atoms with Crippen LogP contribution in [0.4, 0.5) is 0 Å². The predicted molar refractivity (Wildman–Crippen MR) is 247 cm³/mol. The van der Waals surface area contributed by atoms with Crippen molar-refractivity contribution in [3.63, 3.8) is 0 Å². The second kappa shape index (κ2) is 46.5. The van der Waals surface area contributed by atoms with Crippen LogP contribution in [0.2, 0.25) is 0 Å². The first kappa shape index (κ1) is 54.9. The zero-order valence-corrected chi connectivity index (χ0v) is 37.8. The number of hydrogen-bond acceptors (Lipinski definition) is 6. The minimum atomic E-state index is -0.801. The molecule has 0 spiro atoms. The molecule has 1 atom stereocenters. The summed E-state index contributed by atoms with van der Waals surface area (Å²) in [5.74, 6) is -0.980. The maximum Gasteiger partial charge on any atom is 0.306 e. The standard InChI is InChI=1S/C52H88O6/c1-4-7-10-13-16-19-21-23-24-25-26-27-29-30-33-36-39-42-45-51(54)57-48-49(47-56-50(53)44-41-38-35-32-18-15-12-9-6-3)58-52(55)46-43-40-37-34-31-28-22-20-17-14-11-8-5-2/h16,19,21,23-28,31-32,35,49H,4-15,17-18,20,22,29-30,33-34,36-48H2,1-3H3/b19-16-,23-21-,25-24-,27-26-,31-28-,35-32-. The number of hydrogen-bond donors (Lipinski definition) is 0. The van der Waals surface area contributed by atoms with Gasteiger partial charge in [0.1, 0.15) is 13.2 Å². The normalized spacial score (nSPS) is 12.7. The van der Waals surface area contributed by atoms with Gasteiger partial charge in [0, 0.05) is 19.3 Å². The molecule has 0 fully saturated rings. The van der Waals surface area contributed by atoms with Gasteiger partial charge in [0.25, 0.3) is 0 Å². The molecule has 0 aliphatic carbocycles. The van der Waals surface area contributed by atoms with E-state index in [0.717, 1.165) is 89.9 Å². The molecular formula is C52H88O6. The van der Waals surface area contributed by atoms with Gasteiger partial charge >= 0.3 is 17.9 Å². The van der Waals surface area contributed by atoms with Crippen molar-refractivity contribution in [3.05, 3.63) is 72.9 Å². The first-order valence-electron chi connectivity index (χ1n) is 24.0. The van der Waals surface area contributed by atoms with E-state index >= 15 is 0 Å². The predicted octanol–water partition coefficient (Wildman–Crippen LogP) is 15.5. The maximum absolute atomic E-state index is 12.7. The van der Waals surface area contributed by atoms with Crippen LogP contribution in [0.3, 0.4) is 0 Å². The van der Waals surface area contributed by atoms with Gasteiger partial charge in [0.2, 0.25) is 0 Å². The van der Waals surface area contributed by atoms with E-state index in [2.05, 4.69) is 93.7 Å². The Morgan fingerprint density at radius 2 is 0.655 bits per heavy atom. The molecule has 0 saturated carbocycles. The molecule has 0 aromatic carbocycles. The lowest BCUT2D eigenvalue weighted by Crippen LogP contribution is -2.30. The second-order valence-corrected chi connectivity index (χ2v) is 15.7. The molecule has 0 aromatic heterocycles. The van der Waals surface area contributed by atoms with Crippen molar-refractivity contribution in [3.8, 4) is 0 Å². The average Bonchev–Trinajstić information content (AvgIpc) is 3.22. The fourth-order valence-electron chi connectivity index (χ4n) is 6.33. The summed E-state index contributed by atoms with van der Waals surface area (Å²) < 4.78 is 16.6. The third kappa shape index (κ3) is 44.0. The minimum Gasteiger partial charge on any atom is -0.462 e. The van der Waals surface area contributed by atoms with Gasteiger partial charge in [0.05, 0.1) is 0 Å². The summed E-state index contributed by atoms with van der Waals surface area (Å²) in [5.41, 5.74) is 0. The van der Waals surface area contributed by atoms with Crippen LogP contribution < -0.4 is 0 Å². The number of unbranched alkanes of at least 4 members (excludes halogenated alkanes) is 22. The van der Waals surface area contributed by atoms with E-state index in [1.54, 1.807) is 0 Å². The summed E-state index contributed by atoms with van der Waals surface area (Å²) in [6.45, 7) is 6.48. The zero-order valence-electron chi connectivity index (χ0n) is 37.8. The van der Waals surface area contributed by atoms with Crippen LogP contribution in [-0.2, 0) is 28.6 Å². The fourth-order valence-corrected chi connectivity index (χ4v) is 6.33. The van der Waals surface area contributed by atoms with Gasteiger partial charge in [-0.15, -0.1) is 0 Å². The summed E-state index contributed by atoms with van der Waals surface area (Å²) >= 11 is 0. The largest absolute Gasteiger partial charge is 0.462 e. The van der Waals surface area contributed by atoms with Crippen molar-refractivity contribution in [1.82, 2.24) is 0 Å². The topological polar surface area (TPSA) is 78.9 Å². The quantitative estimate of drug-likeness (QED) is 0.0201.